The molecule has 0 aliphatic rings. The van der Waals surface area contributed by atoms with E-state index in [1.54, 1.807) is 0 Å². The van der Waals surface area contributed by atoms with Gasteiger partial charge in [0.2, 0.25) is 0 Å². The van der Waals surface area contributed by atoms with E-state index in [-0.39, 0.29) is 5.41 Å². The lowest BCUT2D eigenvalue weighted by atomic mass is 9.85. The SMILES string of the molecule is CC(=Nc1ccccc1)c1cccc(C(C)(C)C)c1O. The highest BCUT2D eigenvalue weighted by Gasteiger charge is 2.20. The van der Waals surface area contributed by atoms with Crippen LogP contribution in [0.15, 0.2) is 53.5 Å². The molecule has 0 aliphatic carbocycles. The summed E-state index contributed by atoms with van der Waals surface area (Å²) in [6, 6.07) is 15.6. The van der Waals surface area contributed by atoms with Crippen LogP contribution in [0.25, 0.3) is 0 Å². The summed E-state index contributed by atoms with van der Waals surface area (Å²) in [6.45, 7) is 8.20. The third-order valence-corrected chi connectivity index (χ3v) is 3.29. The molecule has 0 atom stereocenters. The summed E-state index contributed by atoms with van der Waals surface area (Å²) in [7, 11) is 0. The number of hydrogen-bond donors (Lipinski definition) is 1. The molecule has 2 nitrogen and oxygen atoms in total. The van der Waals surface area contributed by atoms with Crippen molar-refractivity contribution in [2.45, 2.75) is 33.1 Å². The normalized spacial score (nSPS) is 12.5. The zero-order valence-electron chi connectivity index (χ0n) is 12.5. The summed E-state index contributed by atoms with van der Waals surface area (Å²) in [5.41, 5.74) is 3.36. The van der Waals surface area contributed by atoms with Gasteiger partial charge < -0.3 is 5.11 Å². The van der Waals surface area contributed by atoms with Gasteiger partial charge in [0.25, 0.3) is 0 Å². The summed E-state index contributed by atoms with van der Waals surface area (Å²) in [4.78, 5) is 4.57. The molecule has 2 aromatic rings. The van der Waals surface area contributed by atoms with Gasteiger partial charge in [0.1, 0.15) is 5.75 Å². The molecule has 1 N–H and O–H groups in total. The molecule has 0 aliphatic heterocycles. The van der Waals surface area contributed by atoms with E-state index in [2.05, 4.69) is 25.8 Å². The van der Waals surface area contributed by atoms with E-state index >= 15 is 0 Å². The van der Waals surface area contributed by atoms with Gasteiger partial charge in [-0.3, -0.25) is 4.99 Å². The van der Waals surface area contributed by atoms with E-state index < -0.39 is 0 Å². The molecule has 0 bridgehead atoms. The number of aromatic hydroxyl groups is 1. The summed E-state index contributed by atoms with van der Waals surface area (Å²) in [5.74, 6) is 0.331. The first-order valence-electron chi connectivity index (χ1n) is 6.83. The Kier molecular flexibility index (Phi) is 3.93. The molecule has 0 fully saturated rings. The van der Waals surface area contributed by atoms with Crippen LogP contribution >= 0.6 is 0 Å². The van der Waals surface area contributed by atoms with Gasteiger partial charge in [-0.25, -0.2) is 0 Å². The minimum absolute atomic E-state index is 0.0902. The first kappa shape index (κ1) is 14.3. The molecular formula is C18H21NO. The molecule has 0 aromatic heterocycles. The Morgan fingerprint density at radius 1 is 0.950 bits per heavy atom. The average molecular weight is 267 g/mol. The molecule has 0 saturated heterocycles. The van der Waals surface area contributed by atoms with Crippen LogP contribution in [-0.4, -0.2) is 10.8 Å². The molecule has 0 spiro atoms. The summed E-state index contributed by atoms with van der Waals surface area (Å²) in [5, 5.41) is 10.5. The quantitative estimate of drug-likeness (QED) is 0.776. The molecule has 2 heteroatoms. The maximum absolute atomic E-state index is 10.5. The van der Waals surface area contributed by atoms with Crippen molar-refractivity contribution in [2.75, 3.05) is 0 Å². The van der Waals surface area contributed by atoms with Crippen LogP contribution in [0.3, 0.4) is 0 Å². The summed E-state index contributed by atoms with van der Waals surface area (Å²) >= 11 is 0. The lowest BCUT2D eigenvalue weighted by Gasteiger charge is -2.21. The van der Waals surface area contributed by atoms with E-state index in [0.29, 0.717) is 5.75 Å². The van der Waals surface area contributed by atoms with Crippen molar-refractivity contribution in [1.82, 2.24) is 0 Å². The maximum Gasteiger partial charge on any atom is 0.128 e. The number of benzene rings is 2. The molecule has 0 saturated carbocycles. The van der Waals surface area contributed by atoms with Crippen LogP contribution in [0, 0.1) is 0 Å². The van der Waals surface area contributed by atoms with Gasteiger partial charge in [0, 0.05) is 11.3 Å². The zero-order valence-corrected chi connectivity index (χ0v) is 12.5. The van der Waals surface area contributed by atoms with Crippen LogP contribution in [0.4, 0.5) is 5.69 Å². The van der Waals surface area contributed by atoms with E-state index in [0.717, 1.165) is 22.5 Å². The van der Waals surface area contributed by atoms with Crippen LogP contribution in [0.5, 0.6) is 5.75 Å². The van der Waals surface area contributed by atoms with Gasteiger partial charge in [-0.15, -0.1) is 0 Å². The molecule has 2 aromatic carbocycles. The maximum atomic E-state index is 10.5. The molecule has 0 heterocycles. The van der Waals surface area contributed by atoms with Crippen molar-refractivity contribution in [3.05, 3.63) is 59.7 Å². The van der Waals surface area contributed by atoms with Crippen molar-refractivity contribution in [2.24, 2.45) is 4.99 Å². The fourth-order valence-corrected chi connectivity index (χ4v) is 2.20. The Hall–Kier alpha value is -2.09. The number of rotatable bonds is 2. The standard InChI is InChI=1S/C18H21NO/c1-13(19-14-9-6-5-7-10-14)15-11-8-12-16(17(15)20)18(2,3)4/h5-12,20H,1-4H3. The molecule has 104 valence electrons. The third kappa shape index (κ3) is 3.08. The van der Waals surface area contributed by atoms with Gasteiger partial charge in [-0.05, 0) is 36.1 Å². The predicted octanol–water partition coefficient (Wildman–Crippen LogP) is 4.83. The minimum atomic E-state index is -0.0902. The van der Waals surface area contributed by atoms with E-state index in [1.165, 1.54) is 0 Å². The fraction of sp³-hybridized carbons (Fsp3) is 0.278. The highest BCUT2D eigenvalue weighted by Crippen LogP contribution is 2.33. The molecule has 2 rings (SSSR count). The molecule has 0 amide bonds. The smallest absolute Gasteiger partial charge is 0.128 e. The number of phenolic OH excluding ortho intramolecular Hbond substituents is 1. The Labute approximate surface area is 120 Å². The minimum Gasteiger partial charge on any atom is -0.507 e. The van der Waals surface area contributed by atoms with Gasteiger partial charge in [0.15, 0.2) is 0 Å². The van der Waals surface area contributed by atoms with Crippen LogP contribution < -0.4 is 0 Å². The summed E-state index contributed by atoms with van der Waals surface area (Å²) in [6.07, 6.45) is 0. The summed E-state index contributed by atoms with van der Waals surface area (Å²) < 4.78 is 0. The van der Waals surface area contributed by atoms with Crippen molar-refractivity contribution < 1.29 is 5.11 Å². The number of aliphatic imine (C=N–C) groups is 1. The molecule has 0 unspecified atom stereocenters. The number of para-hydroxylation sites is 2. The van der Waals surface area contributed by atoms with Gasteiger partial charge >= 0.3 is 0 Å². The van der Waals surface area contributed by atoms with Crippen LogP contribution in [0.1, 0.15) is 38.8 Å². The zero-order chi connectivity index (χ0) is 14.8. The Morgan fingerprint density at radius 2 is 1.60 bits per heavy atom. The third-order valence-electron chi connectivity index (χ3n) is 3.29. The second kappa shape index (κ2) is 5.49. The second-order valence-corrected chi connectivity index (χ2v) is 5.98. The molecular weight excluding hydrogens is 246 g/mol. The second-order valence-electron chi connectivity index (χ2n) is 5.98. The van der Waals surface area contributed by atoms with Gasteiger partial charge in [-0.1, -0.05) is 51.1 Å². The topological polar surface area (TPSA) is 32.6 Å². The van der Waals surface area contributed by atoms with Crippen molar-refractivity contribution in [3.63, 3.8) is 0 Å². The first-order chi connectivity index (χ1) is 9.39. The predicted molar refractivity (Wildman–Crippen MR) is 85.1 cm³/mol. The van der Waals surface area contributed by atoms with Gasteiger partial charge in [-0.2, -0.15) is 0 Å². The first-order valence-corrected chi connectivity index (χ1v) is 6.83. The number of phenols is 1. The van der Waals surface area contributed by atoms with Crippen LogP contribution in [-0.2, 0) is 5.41 Å². The Bertz CT molecular complexity index is 622. The highest BCUT2D eigenvalue weighted by molar-refractivity contribution is 6.02. The number of hydrogen-bond acceptors (Lipinski definition) is 2. The Morgan fingerprint density at radius 3 is 2.20 bits per heavy atom. The average Bonchev–Trinajstić information content (AvgIpc) is 2.38. The van der Waals surface area contributed by atoms with Crippen molar-refractivity contribution in [1.29, 1.82) is 0 Å². The van der Waals surface area contributed by atoms with Crippen LogP contribution in [0.2, 0.25) is 0 Å². The monoisotopic (exact) mass is 267 g/mol. The van der Waals surface area contributed by atoms with Crippen molar-refractivity contribution >= 4 is 11.4 Å². The lowest BCUT2D eigenvalue weighted by Crippen LogP contribution is -2.12. The lowest BCUT2D eigenvalue weighted by molar-refractivity contribution is 0.445. The largest absolute Gasteiger partial charge is 0.507 e. The molecule has 20 heavy (non-hydrogen) atoms. The molecule has 0 radical (unpaired) electrons. The van der Waals surface area contributed by atoms with E-state index in [1.807, 2.05) is 55.5 Å². The van der Waals surface area contributed by atoms with E-state index in [4.69, 9.17) is 0 Å². The number of nitrogens with zero attached hydrogens (tertiary/aromatic N) is 1. The van der Waals surface area contributed by atoms with E-state index in [9.17, 15) is 5.11 Å². The van der Waals surface area contributed by atoms with Crippen molar-refractivity contribution in [3.8, 4) is 5.75 Å². The fourth-order valence-electron chi connectivity index (χ4n) is 2.20. The Balaban J connectivity index is 2.46. The highest BCUT2D eigenvalue weighted by atomic mass is 16.3. The van der Waals surface area contributed by atoms with Gasteiger partial charge in [0.05, 0.1) is 5.69 Å².